The number of aliphatic imine (C=N–C) groups is 1. The molecule has 0 aliphatic heterocycles. The molecule has 1 aromatic heterocycles. The first-order chi connectivity index (χ1) is 13.4. The van der Waals surface area contributed by atoms with Crippen LogP contribution in [0.2, 0.25) is 0 Å². The third kappa shape index (κ3) is 7.19. The Balaban J connectivity index is 1.86. The van der Waals surface area contributed by atoms with Crippen LogP contribution in [0, 0.1) is 6.92 Å². The Morgan fingerprint density at radius 2 is 2.11 bits per heavy atom. The number of nitrogens with one attached hydrogen (secondary N) is 3. The van der Waals surface area contributed by atoms with E-state index in [9.17, 15) is 8.42 Å². The van der Waals surface area contributed by atoms with E-state index in [1.54, 1.807) is 36.6 Å². The standard InChI is InChI=1S/C18H27N5O3S2/c1-14-23-16(13-27-14)7-8-20-18(19-2)21-12-15-5-4-6-17(11-15)28(24,25)22-9-10-26-3/h4-6,11,13,22H,7-10,12H2,1-3H3,(H2,19,20,21). The normalized spacial score (nSPS) is 12.2. The van der Waals surface area contributed by atoms with Crippen LogP contribution >= 0.6 is 11.3 Å². The summed E-state index contributed by atoms with van der Waals surface area (Å²) in [5.41, 5.74) is 1.90. The Bertz CT molecular complexity index is 881. The minimum Gasteiger partial charge on any atom is -0.383 e. The maximum absolute atomic E-state index is 12.3. The summed E-state index contributed by atoms with van der Waals surface area (Å²) in [5.74, 6) is 0.651. The molecule has 10 heteroatoms. The van der Waals surface area contributed by atoms with E-state index in [0.717, 1.165) is 22.7 Å². The van der Waals surface area contributed by atoms with E-state index < -0.39 is 10.0 Å². The van der Waals surface area contributed by atoms with Crippen molar-refractivity contribution in [3.05, 3.63) is 45.9 Å². The molecule has 2 aromatic rings. The van der Waals surface area contributed by atoms with E-state index in [1.165, 1.54) is 7.11 Å². The largest absolute Gasteiger partial charge is 0.383 e. The van der Waals surface area contributed by atoms with Crippen LogP contribution in [0.15, 0.2) is 39.5 Å². The summed E-state index contributed by atoms with van der Waals surface area (Å²) in [6.07, 6.45) is 0.811. The Hall–Kier alpha value is -2.01. The zero-order chi connectivity index (χ0) is 20.4. The highest BCUT2D eigenvalue weighted by molar-refractivity contribution is 7.89. The third-order valence-electron chi connectivity index (χ3n) is 3.83. The smallest absolute Gasteiger partial charge is 0.240 e. The second-order valence-corrected chi connectivity index (χ2v) is 8.83. The number of guanidine groups is 1. The number of nitrogens with zero attached hydrogens (tertiary/aromatic N) is 2. The molecule has 0 aliphatic rings. The average molecular weight is 426 g/mol. The number of aryl methyl sites for hydroxylation is 1. The lowest BCUT2D eigenvalue weighted by Crippen LogP contribution is -2.37. The quantitative estimate of drug-likeness (QED) is 0.301. The van der Waals surface area contributed by atoms with Gasteiger partial charge in [0, 0.05) is 45.6 Å². The number of hydrogen-bond donors (Lipinski definition) is 3. The fraction of sp³-hybridized carbons (Fsp3) is 0.444. The number of aromatic nitrogens is 1. The summed E-state index contributed by atoms with van der Waals surface area (Å²) >= 11 is 1.64. The number of hydrogen-bond acceptors (Lipinski definition) is 6. The van der Waals surface area contributed by atoms with Crippen molar-refractivity contribution in [2.45, 2.75) is 24.8 Å². The molecular weight excluding hydrogens is 398 g/mol. The molecule has 0 saturated carbocycles. The Morgan fingerprint density at radius 1 is 1.29 bits per heavy atom. The van der Waals surface area contributed by atoms with Gasteiger partial charge in [-0.3, -0.25) is 4.99 Å². The van der Waals surface area contributed by atoms with Gasteiger partial charge < -0.3 is 15.4 Å². The Kier molecular flexibility index (Phi) is 8.84. The molecule has 1 aromatic carbocycles. The number of rotatable bonds is 10. The van der Waals surface area contributed by atoms with Gasteiger partial charge in [0.05, 0.1) is 22.2 Å². The van der Waals surface area contributed by atoms with Crippen LogP contribution in [-0.2, 0) is 27.7 Å². The second-order valence-electron chi connectivity index (χ2n) is 6.00. The second kappa shape index (κ2) is 11.1. The van der Waals surface area contributed by atoms with Gasteiger partial charge >= 0.3 is 0 Å². The molecule has 0 fully saturated rings. The van der Waals surface area contributed by atoms with Crippen molar-refractivity contribution in [1.82, 2.24) is 20.3 Å². The van der Waals surface area contributed by atoms with Gasteiger partial charge in [0.25, 0.3) is 0 Å². The van der Waals surface area contributed by atoms with Crippen LogP contribution in [0.4, 0.5) is 0 Å². The SMILES string of the molecule is CN=C(NCCc1csc(C)n1)NCc1cccc(S(=O)(=O)NCCOC)c1. The molecule has 0 bridgehead atoms. The number of methoxy groups -OCH3 is 1. The Morgan fingerprint density at radius 3 is 2.79 bits per heavy atom. The average Bonchev–Trinajstić information content (AvgIpc) is 3.10. The molecule has 0 unspecified atom stereocenters. The molecule has 0 atom stereocenters. The fourth-order valence-electron chi connectivity index (χ4n) is 2.42. The summed E-state index contributed by atoms with van der Waals surface area (Å²) in [7, 11) is -0.327. The van der Waals surface area contributed by atoms with Crippen molar-refractivity contribution >= 4 is 27.3 Å². The Labute approximate surface area is 170 Å². The predicted molar refractivity (Wildman–Crippen MR) is 112 cm³/mol. The lowest BCUT2D eigenvalue weighted by molar-refractivity contribution is 0.204. The van der Waals surface area contributed by atoms with Crippen LogP contribution < -0.4 is 15.4 Å². The molecule has 0 saturated heterocycles. The van der Waals surface area contributed by atoms with Gasteiger partial charge in [-0.2, -0.15) is 0 Å². The molecule has 2 rings (SSSR count). The fourth-order valence-corrected chi connectivity index (χ4v) is 4.15. The van der Waals surface area contributed by atoms with Gasteiger partial charge in [-0.25, -0.2) is 18.1 Å². The van der Waals surface area contributed by atoms with Crippen LogP contribution in [-0.4, -0.2) is 53.2 Å². The molecular formula is C18H27N5O3S2. The van der Waals surface area contributed by atoms with Crippen molar-refractivity contribution in [2.75, 3.05) is 33.9 Å². The maximum Gasteiger partial charge on any atom is 0.240 e. The van der Waals surface area contributed by atoms with Gasteiger partial charge in [0.15, 0.2) is 5.96 Å². The number of thiazole rings is 1. The molecule has 0 aliphatic carbocycles. The van der Waals surface area contributed by atoms with Gasteiger partial charge in [0.1, 0.15) is 0 Å². The van der Waals surface area contributed by atoms with Crippen molar-refractivity contribution in [1.29, 1.82) is 0 Å². The van der Waals surface area contributed by atoms with Crippen LogP contribution in [0.25, 0.3) is 0 Å². The summed E-state index contributed by atoms with van der Waals surface area (Å²) in [6.45, 7) is 3.71. The first-order valence-corrected chi connectivity index (χ1v) is 11.2. The van der Waals surface area contributed by atoms with E-state index in [0.29, 0.717) is 25.7 Å². The third-order valence-corrected chi connectivity index (χ3v) is 6.11. The van der Waals surface area contributed by atoms with Gasteiger partial charge in [-0.05, 0) is 24.6 Å². The minimum atomic E-state index is -3.55. The highest BCUT2D eigenvalue weighted by Gasteiger charge is 2.13. The summed E-state index contributed by atoms with van der Waals surface area (Å²) in [4.78, 5) is 8.85. The van der Waals surface area contributed by atoms with Crippen LogP contribution in [0.3, 0.4) is 0 Å². The molecule has 3 N–H and O–H groups in total. The van der Waals surface area contributed by atoms with Crippen molar-refractivity contribution in [3.8, 4) is 0 Å². The number of ether oxygens (including phenoxy) is 1. The monoisotopic (exact) mass is 425 g/mol. The van der Waals surface area contributed by atoms with E-state index in [4.69, 9.17) is 4.74 Å². The van der Waals surface area contributed by atoms with E-state index >= 15 is 0 Å². The molecule has 8 nitrogen and oxygen atoms in total. The zero-order valence-electron chi connectivity index (χ0n) is 16.4. The molecule has 154 valence electrons. The maximum atomic E-state index is 12.3. The summed E-state index contributed by atoms with van der Waals surface area (Å²) < 4.78 is 32.0. The van der Waals surface area contributed by atoms with Crippen molar-refractivity contribution < 1.29 is 13.2 Å². The highest BCUT2D eigenvalue weighted by Crippen LogP contribution is 2.11. The summed E-state index contributed by atoms with van der Waals surface area (Å²) in [5, 5.41) is 9.54. The first kappa shape index (κ1) is 22.3. The first-order valence-electron chi connectivity index (χ1n) is 8.87. The topological polar surface area (TPSA) is 105 Å². The molecule has 0 spiro atoms. The lowest BCUT2D eigenvalue weighted by atomic mass is 10.2. The molecule has 0 radical (unpaired) electrons. The van der Waals surface area contributed by atoms with E-state index in [-0.39, 0.29) is 11.4 Å². The van der Waals surface area contributed by atoms with Gasteiger partial charge in [-0.15, -0.1) is 11.3 Å². The number of sulfonamides is 1. The predicted octanol–water partition coefficient (Wildman–Crippen LogP) is 1.28. The van der Waals surface area contributed by atoms with Crippen molar-refractivity contribution in [3.63, 3.8) is 0 Å². The zero-order valence-corrected chi connectivity index (χ0v) is 18.0. The van der Waals surface area contributed by atoms with Crippen LogP contribution in [0.1, 0.15) is 16.3 Å². The minimum absolute atomic E-state index is 0.227. The van der Waals surface area contributed by atoms with Gasteiger partial charge in [0.2, 0.25) is 10.0 Å². The molecule has 1 heterocycles. The molecule has 0 amide bonds. The van der Waals surface area contributed by atoms with E-state index in [2.05, 4.69) is 30.7 Å². The number of benzene rings is 1. The van der Waals surface area contributed by atoms with Crippen LogP contribution in [0.5, 0.6) is 0 Å². The lowest BCUT2D eigenvalue weighted by Gasteiger charge is -2.12. The molecule has 28 heavy (non-hydrogen) atoms. The van der Waals surface area contributed by atoms with E-state index in [1.807, 2.05) is 13.0 Å². The summed E-state index contributed by atoms with van der Waals surface area (Å²) in [6, 6.07) is 6.81. The van der Waals surface area contributed by atoms with Gasteiger partial charge in [-0.1, -0.05) is 12.1 Å². The van der Waals surface area contributed by atoms with Crippen molar-refractivity contribution in [2.24, 2.45) is 4.99 Å². The highest BCUT2D eigenvalue weighted by atomic mass is 32.2.